The van der Waals surface area contributed by atoms with Crippen LogP contribution in [0.15, 0.2) is 71.5 Å². The summed E-state index contributed by atoms with van der Waals surface area (Å²) in [5.74, 6) is -0.293. The van der Waals surface area contributed by atoms with Crippen LogP contribution in [0.25, 0.3) is 10.9 Å². The summed E-state index contributed by atoms with van der Waals surface area (Å²) in [4.78, 5) is 24.9. The molecule has 0 radical (unpaired) electrons. The Bertz CT molecular complexity index is 1500. The zero-order valence-corrected chi connectivity index (χ0v) is 23.4. The molecule has 1 aliphatic rings. The van der Waals surface area contributed by atoms with Crippen LogP contribution < -0.4 is 10.1 Å². The summed E-state index contributed by atoms with van der Waals surface area (Å²) in [6, 6.07) is 13.5. The molecule has 2 atom stereocenters. The van der Waals surface area contributed by atoms with Gasteiger partial charge in [-0.2, -0.15) is 4.31 Å². The minimum atomic E-state index is -3.92. The molecular formula is C28H33N3O8S. The van der Waals surface area contributed by atoms with Crippen molar-refractivity contribution < 1.29 is 37.3 Å². The van der Waals surface area contributed by atoms with Crippen molar-refractivity contribution in [3.8, 4) is 5.75 Å². The van der Waals surface area contributed by atoms with Gasteiger partial charge in [0.05, 0.1) is 30.7 Å². The fourth-order valence-corrected chi connectivity index (χ4v) is 6.08. The first kappa shape index (κ1) is 29.3. The van der Waals surface area contributed by atoms with E-state index in [1.807, 2.05) is 24.3 Å². The number of sulfonamides is 1. The quantitative estimate of drug-likeness (QED) is 0.358. The van der Waals surface area contributed by atoms with Gasteiger partial charge in [-0.15, -0.1) is 0 Å². The predicted octanol–water partition coefficient (Wildman–Crippen LogP) is 2.47. The monoisotopic (exact) mass is 571 g/mol. The summed E-state index contributed by atoms with van der Waals surface area (Å²) in [5.41, 5.74) is 1.60. The number of nitrogens with one attached hydrogen (secondary N) is 1. The highest BCUT2D eigenvalue weighted by Gasteiger charge is 2.31. The maximum atomic E-state index is 13.2. The molecule has 2 aromatic carbocycles. The van der Waals surface area contributed by atoms with Gasteiger partial charge in [0, 0.05) is 51.0 Å². The number of likely N-dealkylation sites (N-methyl/N-ethyl adjacent to an activating group) is 1. The van der Waals surface area contributed by atoms with Gasteiger partial charge in [0.15, 0.2) is 5.76 Å². The molecule has 4 rings (SSSR count). The zero-order chi connectivity index (χ0) is 28.9. The number of nitrogens with zero attached hydrogens (tertiary/aromatic N) is 2. The molecule has 12 heteroatoms. The van der Waals surface area contributed by atoms with Gasteiger partial charge < -0.3 is 24.6 Å². The maximum absolute atomic E-state index is 13.2. The third-order valence-electron chi connectivity index (χ3n) is 6.68. The Labute approximate surface area is 233 Å². The highest BCUT2D eigenvalue weighted by molar-refractivity contribution is 7.89. The van der Waals surface area contributed by atoms with Gasteiger partial charge in [0.25, 0.3) is 5.91 Å². The van der Waals surface area contributed by atoms with E-state index in [2.05, 4.69) is 5.32 Å². The summed E-state index contributed by atoms with van der Waals surface area (Å²) >= 11 is 0. The van der Waals surface area contributed by atoms with Gasteiger partial charge in [-0.1, -0.05) is 18.2 Å². The van der Waals surface area contributed by atoms with E-state index >= 15 is 0 Å². The molecule has 0 fully saturated rings. The van der Waals surface area contributed by atoms with E-state index in [9.17, 15) is 23.1 Å². The van der Waals surface area contributed by atoms with E-state index in [0.29, 0.717) is 12.2 Å². The third kappa shape index (κ3) is 6.20. The second kappa shape index (κ2) is 12.6. The molecule has 1 aromatic heterocycles. The number of ether oxygens (including phenoxy) is 3. The molecule has 2 heterocycles. The van der Waals surface area contributed by atoms with E-state index in [0.717, 1.165) is 20.8 Å². The second-order valence-corrected chi connectivity index (χ2v) is 11.1. The minimum Gasteiger partial charge on any atom is -0.497 e. The number of methoxy groups -OCH3 is 1. The van der Waals surface area contributed by atoms with Crippen LogP contribution in [-0.4, -0.2) is 81.0 Å². The number of aliphatic hydroxyl groups excluding tert-OH is 1. The number of aromatic nitrogens is 1. The first-order valence-corrected chi connectivity index (χ1v) is 14.2. The second-order valence-electron chi connectivity index (χ2n) is 9.16. The summed E-state index contributed by atoms with van der Waals surface area (Å²) in [6.45, 7) is 0.877. The van der Waals surface area contributed by atoms with E-state index < -0.39 is 22.2 Å². The van der Waals surface area contributed by atoms with Crippen molar-refractivity contribution in [2.75, 3.05) is 40.5 Å². The smallest absolute Gasteiger partial charge is 0.285 e. The van der Waals surface area contributed by atoms with Crippen molar-refractivity contribution in [2.45, 2.75) is 30.4 Å². The Morgan fingerprint density at radius 1 is 1.15 bits per heavy atom. The number of hydrogen-bond acceptors (Lipinski definition) is 8. The van der Waals surface area contributed by atoms with Crippen molar-refractivity contribution in [3.05, 3.63) is 72.1 Å². The van der Waals surface area contributed by atoms with Gasteiger partial charge in [-0.05, 0) is 42.0 Å². The normalized spacial score (nSPS) is 17.4. The average molecular weight is 572 g/mol. The number of hydrogen-bond donors (Lipinski definition) is 2. The van der Waals surface area contributed by atoms with Crippen LogP contribution in [0.2, 0.25) is 0 Å². The molecule has 40 heavy (non-hydrogen) atoms. The molecule has 1 aliphatic heterocycles. The molecule has 0 unspecified atom stereocenters. The van der Waals surface area contributed by atoms with Crippen LogP contribution in [-0.2, 0) is 24.3 Å². The Morgan fingerprint density at radius 3 is 2.52 bits per heavy atom. The lowest BCUT2D eigenvalue weighted by molar-refractivity contribution is -0.146. The van der Waals surface area contributed by atoms with Crippen LogP contribution in [0.1, 0.15) is 29.6 Å². The van der Waals surface area contributed by atoms with Crippen LogP contribution in [0.3, 0.4) is 0 Å². The molecule has 0 aliphatic carbocycles. The number of aliphatic hydroxyl groups is 1. The van der Waals surface area contributed by atoms with E-state index in [1.165, 1.54) is 33.2 Å². The Hall–Kier alpha value is -3.71. The van der Waals surface area contributed by atoms with Crippen LogP contribution in [0.4, 0.5) is 0 Å². The highest BCUT2D eigenvalue weighted by atomic mass is 32.2. The molecular weight excluding hydrogens is 538 g/mol. The number of rotatable bonds is 11. The average Bonchev–Trinajstić information content (AvgIpc) is 3.36. The topological polar surface area (TPSA) is 136 Å². The molecule has 214 valence electrons. The van der Waals surface area contributed by atoms with Gasteiger partial charge in [0.2, 0.25) is 22.2 Å². The SMILES string of the molecule is CNC(=O)C1=C[C@H](c2cn(C(C)=O)c3ccccc23)C[C@H](OCCN(CCO)S(=O)(=O)c2ccc(OC)cc2)O1. The molecule has 3 aromatic rings. The lowest BCUT2D eigenvalue weighted by Gasteiger charge is -2.29. The van der Waals surface area contributed by atoms with Gasteiger partial charge in [-0.3, -0.25) is 14.2 Å². The zero-order valence-electron chi connectivity index (χ0n) is 22.6. The highest BCUT2D eigenvalue weighted by Crippen LogP contribution is 2.36. The van der Waals surface area contributed by atoms with E-state index in [-0.39, 0.29) is 48.8 Å². The standard InChI is InChI=1S/C28H33N3O8S/c1-19(33)31-18-24(23-6-4-5-7-25(23)31)20-16-26(28(34)29-2)39-27(17-20)38-15-13-30(12-14-32)40(35,36)22-10-8-21(37-3)9-11-22/h4-11,16,18,20,27,32H,12-15,17H2,1-3H3,(H,29,34)/t20-,27+/m0/s1. The van der Waals surface area contributed by atoms with Gasteiger partial charge in [0.1, 0.15) is 5.75 Å². The fourth-order valence-electron chi connectivity index (χ4n) is 4.67. The number of amides is 1. The Kier molecular flexibility index (Phi) is 9.25. The summed E-state index contributed by atoms with van der Waals surface area (Å²) in [6.07, 6.45) is 2.94. The predicted molar refractivity (Wildman–Crippen MR) is 147 cm³/mol. The van der Waals surface area contributed by atoms with E-state index in [1.54, 1.807) is 29.0 Å². The largest absolute Gasteiger partial charge is 0.497 e. The number of carbonyl (C=O) groups is 2. The van der Waals surface area contributed by atoms with Crippen molar-refractivity contribution in [3.63, 3.8) is 0 Å². The molecule has 0 saturated heterocycles. The first-order chi connectivity index (χ1) is 19.2. The number of carbonyl (C=O) groups excluding carboxylic acids is 2. The fraction of sp³-hybridized carbons (Fsp3) is 0.357. The summed E-state index contributed by atoms with van der Waals surface area (Å²) in [7, 11) is -0.937. The molecule has 11 nitrogen and oxygen atoms in total. The number of allylic oxidation sites excluding steroid dienone is 1. The Morgan fingerprint density at radius 2 is 1.88 bits per heavy atom. The lowest BCUT2D eigenvalue weighted by Crippen LogP contribution is -2.38. The molecule has 2 N–H and O–H groups in total. The number of para-hydroxylation sites is 1. The van der Waals surface area contributed by atoms with Crippen LogP contribution in [0, 0.1) is 0 Å². The number of benzene rings is 2. The molecule has 0 saturated carbocycles. The molecule has 0 spiro atoms. The number of fused-ring (bicyclic) bond motifs is 1. The first-order valence-electron chi connectivity index (χ1n) is 12.8. The summed E-state index contributed by atoms with van der Waals surface area (Å²) in [5, 5.41) is 12.9. The van der Waals surface area contributed by atoms with Crippen LogP contribution >= 0.6 is 0 Å². The lowest BCUT2D eigenvalue weighted by atomic mass is 9.92. The maximum Gasteiger partial charge on any atom is 0.285 e. The van der Waals surface area contributed by atoms with Crippen molar-refractivity contribution >= 4 is 32.7 Å². The third-order valence-corrected chi connectivity index (χ3v) is 8.59. The van der Waals surface area contributed by atoms with E-state index in [4.69, 9.17) is 14.2 Å². The van der Waals surface area contributed by atoms with Crippen molar-refractivity contribution in [2.24, 2.45) is 0 Å². The van der Waals surface area contributed by atoms with Crippen molar-refractivity contribution in [1.29, 1.82) is 0 Å². The van der Waals surface area contributed by atoms with Crippen molar-refractivity contribution in [1.82, 2.24) is 14.2 Å². The Balaban J connectivity index is 1.53. The molecule has 0 bridgehead atoms. The van der Waals surface area contributed by atoms with Gasteiger partial charge >= 0.3 is 0 Å². The van der Waals surface area contributed by atoms with Crippen LogP contribution in [0.5, 0.6) is 5.75 Å². The minimum absolute atomic E-state index is 0.0526. The summed E-state index contributed by atoms with van der Waals surface area (Å²) < 4.78 is 46.0. The van der Waals surface area contributed by atoms with Gasteiger partial charge in [-0.25, -0.2) is 8.42 Å². The molecule has 1 amide bonds.